The molecule has 3 rings (SSSR count). The van der Waals surface area contributed by atoms with Crippen LogP contribution in [-0.4, -0.2) is 46.8 Å². The third-order valence-electron chi connectivity index (χ3n) is 4.51. The average molecular weight is 393 g/mol. The number of hydrogen-bond acceptors (Lipinski definition) is 4. The van der Waals surface area contributed by atoms with E-state index < -0.39 is 0 Å². The van der Waals surface area contributed by atoms with E-state index in [4.69, 9.17) is 4.74 Å². The van der Waals surface area contributed by atoms with E-state index in [0.29, 0.717) is 18.3 Å². The standard InChI is InChI=1S/C20H28N4O2.ClH/c1-15(2)26-18-8-4-6-16(12-18)14-23(3)20(25)19-9-11-24(22-19)17-7-5-10-21-13-17;/h4,6,8-9,11-12,15,17,21H,5,7,10,13-14H2,1-3H3;1H. The molecule has 7 heteroatoms. The van der Waals surface area contributed by atoms with Crippen molar-refractivity contribution in [2.24, 2.45) is 0 Å². The maximum atomic E-state index is 12.7. The molecule has 0 spiro atoms. The Hall–Kier alpha value is -2.05. The molecule has 1 aromatic carbocycles. The van der Waals surface area contributed by atoms with E-state index in [1.54, 1.807) is 11.9 Å². The van der Waals surface area contributed by atoms with Crippen LogP contribution < -0.4 is 10.1 Å². The van der Waals surface area contributed by atoms with Gasteiger partial charge in [0.2, 0.25) is 0 Å². The summed E-state index contributed by atoms with van der Waals surface area (Å²) in [7, 11) is 1.81. The lowest BCUT2D eigenvalue weighted by Crippen LogP contribution is -2.32. The van der Waals surface area contributed by atoms with Crippen molar-refractivity contribution < 1.29 is 9.53 Å². The second-order valence-electron chi connectivity index (χ2n) is 7.16. The van der Waals surface area contributed by atoms with E-state index in [0.717, 1.165) is 37.2 Å². The van der Waals surface area contributed by atoms with Gasteiger partial charge in [-0.15, -0.1) is 12.4 Å². The molecule has 1 amide bonds. The molecule has 2 aromatic rings. The zero-order chi connectivity index (χ0) is 18.5. The zero-order valence-electron chi connectivity index (χ0n) is 16.2. The molecular weight excluding hydrogens is 364 g/mol. The number of aromatic nitrogens is 2. The largest absolute Gasteiger partial charge is 0.491 e. The van der Waals surface area contributed by atoms with E-state index in [2.05, 4.69) is 10.4 Å². The number of nitrogens with zero attached hydrogens (tertiary/aromatic N) is 3. The van der Waals surface area contributed by atoms with E-state index in [9.17, 15) is 4.79 Å². The van der Waals surface area contributed by atoms with Crippen molar-refractivity contribution >= 4 is 18.3 Å². The molecule has 1 aliphatic heterocycles. The summed E-state index contributed by atoms with van der Waals surface area (Å²) in [6.45, 7) is 6.49. The number of halogens is 1. The molecule has 1 saturated heterocycles. The van der Waals surface area contributed by atoms with Crippen LogP contribution >= 0.6 is 12.4 Å². The third kappa shape index (κ3) is 5.71. The van der Waals surface area contributed by atoms with Gasteiger partial charge in [-0.25, -0.2) is 0 Å². The molecule has 0 aliphatic carbocycles. The van der Waals surface area contributed by atoms with Crippen LogP contribution in [-0.2, 0) is 6.54 Å². The minimum absolute atomic E-state index is 0. The Bertz CT molecular complexity index is 741. The number of amides is 1. The topological polar surface area (TPSA) is 59.4 Å². The summed E-state index contributed by atoms with van der Waals surface area (Å²) in [4.78, 5) is 14.4. The lowest BCUT2D eigenvalue weighted by Gasteiger charge is -2.23. The fourth-order valence-corrected chi connectivity index (χ4v) is 3.25. The van der Waals surface area contributed by atoms with Crippen LogP contribution in [0.3, 0.4) is 0 Å². The molecule has 27 heavy (non-hydrogen) atoms. The second-order valence-corrected chi connectivity index (χ2v) is 7.16. The monoisotopic (exact) mass is 392 g/mol. The van der Waals surface area contributed by atoms with Gasteiger partial charge in [0.05, 0.1) is 12.1 Å². The van der Waals surface area contributed by atoms with Crippen LogP contribution in [0, 0.1) is 0 Å². The van der Waals surface area contributed by atoms with Crippen molar-refractivity contribution in [1.82, 2.24) is 20.0 Å². The molecule has 2 heterocycles. The second kappa shape index (κ2) is 9.76. The summed E-state index contributed by atoms with van der Waals surface area (Å²) < 4.78 is 7.65. The van der Waals surface area contributed by atoms with Crippen molar-refractivity contribution in [2.75, 3.05) is 20.1 Å². The molecule has 1 N–H and O–H groups in total. The molecule has 1 aliphatic rings. The summed E-state index contributed by atoms with van der Waals surface area (Å²) in [6, 6.07) is 10.0. The minimum Gasteiger partial charge on any atom is -0.491 e. The quantitative estimate of drug-likeness (QED) is 0.819. The Kier molecular flexibility index (Phi) is 7.68. The summed E-state index contributed by atoms with van der Waals surface area (Å²) in [5.74, 6) is 0.759. The van der Waals surface area contributed by atoms with Crippen molar-refractivity contribution in [3.8, 4) is 5.75 Å². The van der Waals surface area contributed by atoms with Crippen LogP contribution in [0.15, 0.2) is 36.5 Å². The molecule has 1 unspecified atom stereocenters. The van der Waals surface area contributed by atoms with Gasteiger partial charge in [-0.1, -0.05) is 12.1 Å². The normalized spacial score (nSPS) is 16.7. The van der Waals surface area contributed by atoms with Gasteiger partial charge in [-0.2, -0.15) is 5.10 Å². The van der Waals surface area contributed by atoms with Gasteiger partial charge >= 0.3 is 0 Å². The predicted octanol–water partition coefficient (Wildman–Crippen LogP) is 3.29. The molecule has 0 radical (unpaired) electrons. The van der Waals surface area contributed by atoms with Crippen LogP contribution in [0.4, 0.5) is 0 Å². The predicted molar refractivity (Wildman–Crippen MR) is 109 cm³/mol. The van der Waals surface area contributed by atoms with Gasteiger partial charge in [0.25, 0.3) is 5.91 Å². The van der Waals surface area contributed by atoms with Gasteiger partial charge in [0.1, 0.15) is 11.4 Å². The Morgan fingerprint density at radius 3 is 2.93 bits per heavy atom. The van der Waals surface area contributed by atoms with E-state index in [-0.39, 0.29) is 24.4 Å². The van der Waals surface area contributed by atoms with Gasteiger partial charge < -0.3 is 15.0 Å². The highest BCUT2D eigenvalue weighted by atomic mass is 35.5. The molecule has 0 bridgehead atoms. The fraction of sp³-hybridized carbons (Fsp3) is 0.500. The van der Waals surface area contributed by atoms with E-state index >= 15 is 0 Å². The summed E-state index contributed by atoms with van der Waals surface area (Å²) in [5.41, 5.74) is 1.53. The number of hydrogen-bond donors (Lipinski definition) is 1. The minimum atomic E-state index is -0.0669. The molecule has 148 valence electrons. The first-order valence-corrected chi connectivity index (χ1v) is 9.30. The number of rotatable bonds is 6. The zero-order valence-corrected chi connectivity index (χ0v) is 17.0. The average Bonchev–Trinajstić information content (AvgIpc) is 3.11. The third-order valence-corrected chi connectivity index (χ3v) is 4.51. The first kappa shape index (κ1) is 21.3. The number of piperidine rings is 1. The highest BCUT2D eigenvalue weighted by molar-refractivity contribution is 5.92. The highest BCUT2D eigenvalue weighted by Crippen LogP contribution is 2.18. The Morgan fingerprint density at radius 2 is 2.22 bits per heavy atom. The smallest absolute Gasteiger partial charge is 0.274 e. The van der Waals surface area contributed by atoms with Crippen molar-refractivity contribution in [2.45, 2.75) is 45.4 Å². The first-order chi connectivity index (χ1) is 12.5. The maximum absolute atomic E-state index is 12.7. The van der Waals surface area contributed by atoms with Crippen molar-refractivity contribution in [3.05, 3.63) is 47.8 Å². The lowest BCUT2D eigenvalue weighted by atomic mass is 10.1. The van der Waals surface area contributed by atoms with Crippen LogP contribution in [0.5, 0.6) is 5.75 Å². The summed E-state index contributed by atoms with van der Waals surface area (Å²) >= 11 is 0. The maximum Gasteiger partial charge on any atom is 0.274 e. The summed E-state index contributed by atoms with van der Waals surface area (Å²) in [5, 5.41) is 7.89. The number of carbonyl (C=O) groups is 1. The Morgan fingerprint density at radius 1 is 1.41 bits per heavy atom. The molecule has 1 aromatic heterocycles. The van der Waals surface area contributed by atoms with Crippen molar-refractivity contribution in [3.63, 3.8) is 0 Å². The number of carbonyl (C=O) groups excluding carboxylic acids is 1. The SMILES string of the molecule is CC(C)Oc1cccc(CN(C)C(=O)c2ccn(C3CCCNC3)n2)c1.Cl. The van der Waals surface area contributed by atoms with Gasteiger partial charge in [0.15, 0.2) is 0 Å². The molecule has 1 atom stereocenters. The summed E-state index contributed by atoms with van der Waals surface area (Å²) in [6.07, 6.45) is 4.28. The molecular formula is C20H29ClN4O2. The first-order valence-electron chi connectivity index (χ1n) is 9.30. The van der Waals surface area contributed by atoms with Crippen LogP contribution in [0.2, 0.25) is 0 Å². The number of ether oxygens (including phenoxy) is 1. The highest BCUT2D eigenvalue weighted by Gasteiger charge is 2.19. The lowest BCUT2D eigenvalue weighted by molar-refractivity contribution is 0.0777. The van der Waals surface area contributed by atoms with Crippen LogP contribution in [0.25, 0.3) is 0 Å². The number of benzene rings is 1. The van der Waals surface area contributed by atoms with Crippen molar-refractivity contribution in [1.29, 1.82) is 0 Å². The molecule has 6 nitrogen and oxygen atoms in total. The van der Waals surface area contributed by atoms with Gasteiger partial charge in [-0.05, 0) is 57.0 Å². The van der Waals surface area contributed by atoms with E-state index in [1.165, 1.54) is 0 Å². The van der Waals surface area contributed by atoms with Gasteiger partial charge in [0, 0.05) is 26.3 Å². The van der Waals surface area contributed by atoms with Gasteiger partial charge in [-0.3, -0.25) is 9.48 Å². The van der Waals surface area contributed by atoms with Crippen LogP contribution in [0.1, 0.15) is 48.8 Å². The molecule has 1 fully saturated rings. The number of nitrogens with one attached hydrogen (secondary N) is 1. The molecule has 0 saturated carbocycles. The fourth-order valence-electron chi connectivity index (χ4n) is 3.25. The van der Waals surface area contributed by atoms with E-state index in [1.807, 2.05) is 55.1 Å². The Balaban J connectivity index is 0.00000261. The Labute approximate surface area is 167 Å².